The van der Waals surface area contributed by atoms with E-state index >= 15 is 0 Å². The normalized spacial score (nSPS) is 16.3. The summed E-state index contributed by atoms with van der Waals surface area (Å²) in [5, 5.41) is 12.1. The summed E-state index contributed by atoms with van der Waals surface area (Å²) in [6.45, 7) is 1.97. The van der Waals surface area contributed by atoms with Crippen LogP contribution in [0.25, 0.3) is 10.9 Å². The molecule has 2 atom stereocenters. The molecule has 1 aromatic heterocycles. The lowest BCUT2D eigenvalue weighted by Gasteiger charge is -2.27. The lowest BCUT2D eigenvalue weighted by Crippen LogP contribution is -2.44. The summed E-state index contributed by atoms with van der Waals surface area (Å²) in [6.07, 6.45) is 2.95. The second-order valence-corrected chi connectivity index (χ2v) is 7.68. The van der Waals surface area contributed by atoms with Crippen molar-refractivity contribution < 1.29 is 19.1 Å². The van der Waals surface area contributed by atoms with Gasteiger partial charge in [-0.3, -0.25) is 9.59 Å². The maximum atomic E-state index is 14.1. The van der Waals surface area contributed by atoms with Gasteiger partial charge in [-0.15, -0.1) is 0 Å². The van der Waals surface area contributed by atoms with E-state index in [-0.39, 0.29) is 23.4 Å². The average Bonchev–Trinajstić information content (AvgIpc) is 2.72. The van der Waals surface area contributed by atoms with E-state index in [4.69, 9.17) is 0 Å². The van der Waals surface area contributed by atoms with Gasteiger partial charge in [-0.1, -0.05) is 30.3 Å². The van der Waals surface area contributed by atoms with Crippen molar-refractivity contribution in [1.29, 1.82) is 0 Å². The Kier molecular flexibility index (Phi) is 5.11. The highest BCUT2D eigenvalue weighted by Gasteiger charge is 2.26. The number of hydrogen-bond acceptors (Lipinski definition) is 3. The monoisotopic (exact) mass is 408 g/mol. The molecule has 1 unspecified atom stereocenters. The number of aliphatic carboxylic acids is 1. The van der Waals surface area contributed by atoms with Crippen LogP contribution in [-0.4, -0.2) is 27.6 Å². The van der Waals surface area contributed by atoms with E-state index in [0.29, 0.717) is 11.9 Å². The number of nitrogens with one attached hydrogen (secondary N) is 1. The molecule has 0 saturated carbocycles. The van der Waals surface area contributed by atoms with Gasteiger partial charge in [0.05, 0.1) is 5.52 Å². The molecular formula is C23H21FN2O4. The van der Waals surface area contributed by atoms with Gasteiger partial charge in [0.15, 0.2) is 0 Å². The van der Waals surface area contributed by atoms with Gasteiger partial charge in [0, 0.05) is 24.0 Å². The highest BCUT2D eigenvalue weighted by molar-refractivity contribution is 5.99. The maximum Gasteiger partial charge on any atom is 0.326 e. The molecule has 1 aliphatic rings. The molecule has 1 aliphatic heterocycles. The first kappa shape index (κ1) is 19.8. The first-order valence-electron chi connectivity index (χ1n) is 9.80. The number of amides is 1. The van der Waals surface area contributed by atoms with Crippen LogP contribution in [-0.2, 0) is 17.6 Å². The number of aromatic nitrogens is 1. The summed E-state index contributed by atoms with van der Waals surface area (Å²) < 4.78 is 15.9. The van der Waals surface area contributed by atoms with Gasteiger partial charge < -0.3 is 15.0 Å². The van der Waals surface area contributed by atoms with Crippen LogP contribution in [0.2, 0.25) is 0 Å². The zero-order chi connectivity index (χ0) is 21.4. The molecule has 2 N–H and O–H groups in total. The Morgan fingerprint density at radius 3 is 2.70 bits per heavy atom. The molecule has 0 spiro atoms. The van der Waals surface area contributed by atoms with Crippen LogP contribution in [0.15, 0.2) is 53.5 Å². The van der Waals surface area contributed by atoms with Crippen molar-refractivity contribution in [3.63, 3.8) is 0 Å². The molecule has 0 aliphatic carbocycles. The second kappa shape index (κ2) is 7.74. The third-order valence-corrected chi connectivity index (χ3v) is 5.61. The number of rotatable bonds is 5. The molecule has 7 heteroatoms. The molecule has 154 valence electrons. The van der Waals surface area contributed by atoms with E-state index in [2.05, 4.69) is 5.32 Å². The molecule has 1 amide bonds. The van der Waals surface area contributed by atoms with Crippen molar-refractivity contribution in [3.05, 3.63) is 81.4 Å². The molecule has 0 fully saturated rings. The quantitative estimate of drug-likeness (QED) is 0.679. The van der Waals surface area contributed by atoms with Crippen LogP contribution >= 0.6 is 0 Å². The second-order valence-electron chi connectivity index (χ2n) is 7.68. The fraction of sp³-hybridized carbons (Fsp3) is 0.261. The maximum absolute atomic E-state index is 14.1. The Labute approximate surface area is 172 Å². The number of benzene rings is 2. The van der Waals surface area contributed by atoms with Crippen molar-refractivity contribution >= 4 is 22.8 Å². The van der Waals surface area contributed by atoms with E-state index in [0.717, 1.165) is 23.6 Å². The summed E-state index contributed by atoms with van der Waals surface area (Å²) in [7, 11) is 0. The highest BCUT2D eigenvalue weighted by atomic mass is 19.1. The largest absolute Gasteiger partial charge is 0.480 e. The highest BCUT2D eigenvalue weighted by Crippen LogP contribution is 2.30. The van der Waals surface area contributed by atoms with Crippen LogP contribution < -0.4 is 10.7 Å². The lowest BCUT2D eigenvalue weighted by molar-refractivity contribution is -0.139. The standard InChI is InChI=1S/C23H21FN2O4/c1-13-7-8-15-10-16(24)11-17-20(15)26(13)12-18(21(17)27)22(28)25-19(23(29)30)9-14-5-3-2-4-6-14/h2-6,10-13,19H,7-9H2,1H3,(H,25,28)(H,29,30)/t13?,19-/m0/s1. The molecule has 2 heterocycles. The summed E-state index contributed by atoms with van der Waals surface area (Å²) >= 11 is 0. The van der Waals surface area contributed by atoms with Gasteiger partial charge in [0.1, 0.15) is 17.4 Å². The molecule has 3 aromatic rings. The topological polar surface area (TPSA) is 88.4 Å². The Balaban J connectivity index is 1.74. The van der Waals surface area contributed by atoms with E-state index < -0.39 is 29.2 Å². The van der Waals surface area contributed by atoms with Crippen molar-refractivity contribution in [2.75, 3.05) is 0 Å². The Morgan fingerprint density at radius 1 is 1.27 bits per heavy atom. The minimum atomic E-state index is -1.20. The number of pyridine rings is 1. The van der Waals surface area contributed by atoms with Crippen molar-refractivity contribution in [3.8, 4) is 0 Å². The minimum Gasteiger partial charge on any atom is -0.480 e. The fourth-order valence-corrected chi connectivity index (χ4v) is 4.03. The van der Waals surface area contributed by atoms with Crippen molar-refractivity contribution in [1.82, 2.24) is 9.88 Å². The number of hydrogen-bond donors (Lipinski definition) is 2. The van der Waals surface area contributed by atoms with Crippen LogP contribution in [0.3, 0.4) is 0 Å². The summed E-state index contributed by atoms with van der Waals surface area (Å²) in [5.41, 5.74) is 1.33. The average molecular weight is 408 g/mol. The van der Waals surface area contributed by atoms with E-state index in [9.17, 15) is 23.9 Å². The Morgan fingerprint density at radius 2 is 2.00 bits per heavy atom. The lowest BCUT2D eigenvalue weighted by atomic mass is 9.95. The van der Waals surface area contributed by atoms with Crippen LogP contribution in [0, 0.1) is 5.82 Å². The number of carboxylic acids is 1. The van der Waals surface area contributed by atoms with Gasteiger partial charge in [-0.25, -0.2) is 9.18 Å². The van der Waals surface area contributed by atoms with Gasteiger partial charge >= 0.3 is 5.97 Å². The smallest absolute Gasteiger partial charge is 0.326 e. The summed E-state index contributed by atoms with van der Waals surface area (Å²) in [5.74, 6) is -2.51. The van der Waals surface area contributed by atoms with E-state index in [1.54, 1.807) is 24.3 Å². The van der Waals surface area contributed by atoms with E-state index in [1.165, 1.54) is 12.3 Å². The number of carbonyl (C=O) groups is 2. The first-order valence-corrected chi connectivity index (χ1v) is 9.80. The number of aryl methyl sites for hydroxylation is 1. The predicted octanol–water partition coefficient (Wildman–Crippen LogP) is 3.07. The number of carbonyl (C=O) groups excluding carboxylic acids is 1. The number of nitrogens with zero attached hydrogens (tertiary/aromatic N) is 1. The molecular weight excluding hydrogens is 387 g/mol. The minimum absolute atomic E-state index is 0.0252. The first-order chi connectivity index (χ1) is 14.3. The van der Waals surface area contributed by atoms with Gasteiger partial charge in [-0.2, -0.15) is 0 Å². The van der Waals surface area contributed by atoms with Crippen molar-refractivity contribution in [2.45, 2.75) is 38.3 Å². The predicted molar refractivity (Wildman–Crippen MR) is 110 cm³/mol. The van der Waals surface area contributed by atoms with Crippen LogP contribution in [0.1, 0.15) is 40.9 Å². The van der Waals surface area contributed by atoms with Gasteiger partial charge in [0.2, 0.25) is 5.43 Å². The van der Waals surface area contributed by atoms with Crippen molar-refractivity contribution in [2.24, 2.45) is 0 Å². The molecule has 30 heavy (non-hydrogen) atoms. The molecule has 2 aromatic carbocycles. The molecule has 4 rings (SSSR count). The molecule has 0 radical (unpaired) electrons. The van der Waals surface area contributed by atoms with Gasteiger partial charge in [0.25, 0.3) is 5.91 Å². The number of carboxylic acid groups (broad SMARTS) is 1. The third kappa shape index (κ3) is 3.58. The molecule has 0 bridgehead atoms. The fourth-order valence-electron chi connectivity index (χ4n) is 4.03. The zero-order valence-electron chi connectivity index (χ0n) is 16.4. The Hall–Kier alpha value is -3.48. The van der Waals surface area contributed by atoms with E-state index in [1.807, 2.05) is 17.6 Å². The molecule has 0 saturated heterocycles. The van der Waals surface area contributed by atoms with Gasteiger partial charge in [-0.05, 0) is 43.0 Å². The van der Waals surface area contributed by atoms with Crippen LogP contribution in [0.5, 0.6) is 0 Å². The van der Waals surface area contributed by atoms with Crippen LogP contribution in [0.4, 0.5) is 4.39 Å². The molecule has 6 nitrogen and oxygen atoms in total. The summed E-state index contributed by atoms with van der Waals surface area (Å²) in [4.78, 5) is 37.6. The zero-order valence-corrected chi connectivity index (χ0v) is 16.4. The Bertz CT molecular complexity index is 1200. The summed E-state index contributed by atoms with van der Waals surface area (Å²) in [6, 6.07) is 10.3. The number of halogens is 1. The SMILES string of the molecule is CC1CCc2cc(F)cc3c(=O)c(C(=O)N[C@@H](Cc4ccccc4)C(=O)O)cn1c23. The third-order valence-electron chi connectivity index (χ3n) is 5.61.